The summed E-state index contributed by atoms with van der Waals surface area (Å²) in [5.41, 5.74) is 0. The Labute approximate surface area is 102 Å². The van der Waals surface area contributed by atoms with E-state index in [1.54, 1.807) is 6.92 Å². The predicted molar refractivity (Wildman–Crippen MR) is 47.9 cm³/mol. The van der Waals surface area contributed by atoms with Crippen molar-refractivity contribution >= 4 is 27.5 Å². The molecule has 0 unspecified atom stereocenters. The fraction of sp³-hybridized carbons (Fsp3) is 0.800. The second-order valence-corrected chi connectivity index (χ2v) is 3.94. The van der Waals surface area contributed by atoms with Crippen molar-refractivity contribution in [3.05, 3.63) is 0 Å². The molecule has 0 aromatic carbocycles. The molecule has 4 nitrogen and oxygen atoms in total. The Morgan fingerprint density at radius 2 is 2.17 bits per heavy atom. The van der Waals surface area contributed by atoms with Gasteiger partial charge >= 0.3 is 39.7 Å². The van der Waals surface area contributed by atoms with E-state index < -0.39 is 10.1 Å². The van der Waals surface area contributed by atoms with Crippen LogP contribution in [0.1, 0.15) is 14.8 Å². The molecule has 0 saturated carbocycles. The van der Waals surface area contributed by atoms with Crippen molar-refractivity contribution in [1.29, 1.82) is 0 Å². The van der Waals surface area contributed by atoms with Gasteiger partial charge in [-0.15, -0.1) is 0 Å². The molecular formula is C5H12NNaO3S2. The maximum atomic E-state index is 10.9. The van der Waals surface area contributed by atoms with Gasteiger partial charge < -0.3 is 10.9 Å². The number of nitrogens with one attached hydrogen (secondary N) is 1. The third-order valence-electron chi connectivity index (χ3n) is 0.861. The van der Waals surface area contributed by atoms with Crippen LogP contribution in [0.4, 0.5) is 0 Å². The van der Waals surface area contributed by atoms with Crippen LogP contribution >= 0.6 is 12.2 Å². The molecule has 0 aromatic rings. The van der Waals surface area contributed by atoms with Crippen LogP contribution in [0.2, 0.25) is 0 Å². The largest absolute Gasteiger partial charge is 1.00 e. The van der Waals surface area contributed by atoms with E-state index in [0.29, 0.717) is 6.42 Å². The molecule has 0 spiro atoms. The third-order valence-corrected chi connectivity index (χ3v) is 2.58. The summed E-state index contributed by atoms with van der Waals surface area (Å²) in [6, 6.07) is 0. The second kappa shape index (κ2) is 7.08. The van der Waals surface area contributed by atoms with Gasteiger partial charge in [0.15, 0.2) is 0 Å². The third kappa shape index (κ3) is 7.30. The standard InChI is InChI=1S/C5H11NO3S2.Na.H/c1-3-4-11(7,8)9-5(10)6-2;;/h3-4H2,1-2H3,(H,6,10);;/q;+1;-1. The minimum Gasteiger partial charge on any atom is -1.00 e. The van der Waals surface area contributed by atoms with E-state index >= 15 is 0 Å². The molecule has 0 aromatic heterocycles. The quantitative estimate of drug-likeness (QED) is 0.321. The van der Waals surface area contributed by atoms with E-state index in [1.807, 2.05) is 0 Å². The van der Waals surface area contributed by atoms with Crippen molar-refractivity contribution in [2.45, 2.75) is 13.3 Å². The van der Waals surface area contributed by atoms with E-state index in [0.717, 1.165) is 0 Å². The Bertz CT molecular complexity index is 232. The van der Waals surface area contributed by atoms with Gasteiger partial charge in [0.2, 0.25) is 0 Å². The van der Waals surface area contributed by atoms with Gasteiger partial charge in [0.25, 0.3) is 5.17 Å². The van der Waals surface area contributed by atoms with Crippen LogP contribution in [0, 0.1) is 0 Å². The maximum Gasteiger partial charge on any atom is 1.00 e. The van der Waals surface area contributed by atoms with Crippen molar-refractivity contribution in [2.24, 2.45) is 0 Å². The fourth-order valence-electron chi connectivity index (χ4n) is 0.449. The van der Waals surface area contributed by atoms with Crippen molar-refractivity contribution in [3.8, 4) is 0 Å². The maximum absolute atomic E-state index is 10.9. The first-order chi connectivity index (χ1) is 5.02. The summed E-state index contributed by atoms with van der Waals surface area (Å²) < 4.78 is 26.1. The topological polar surface area (TPSA) is 55.4 Å². The smallest absolute Gasteiger partial charge is 1.00 e. The Kier molecular flexibility index (Phi) is 8.93. The van der Waals surface area contributed by atoms with Gasteiger partial charge in [0.1, 0.15) is 0 Å². The van der Waals surface area contributed by atoms with Crippen molar-refractivity contribution < 1.29 is 43.6 Å². The number of hydrogen-bond acceptors (Lipinski definition) is 4. The Hall–Kier alpha value is 0.640. The molecule has 0 saturated heterocycles. The zero-order valence-electron chi connectivity index (χ0n) is 8.46. The van der Waals surface area contributed by atoms with Crippen molar-refractivity contribution in [3.63, 3.8) is 0 Å². The summed E-state index contributed by atoms with van der Waals surface area (Å²) in [6.45, 7) is 1.75. The van der Waals surface area contributed by atoms with Crippen LogP contribution in [0.25, 0.3) is 0 Å². The SMILES string of the molecule is CCCS(=O)(=O)OC(=S)NC.[H-].[Na+]. The zero-order chi connectivity index (χ0) is 8.91. The fourth-order valence-corrected chi connectivity index (χ4v) is 1.66. The van der Waals surface area contributed by atoms with Crippen molar-refractivity contribution in [1.82, 2.24) is 5.32 Å². The monoisotopic (exact) mass is 221 g/mol. The number of thiocarbonyl (C=S) groups is 1. The van der Waals surface area contributed by atoms with E-state index in [4.69, 9.17) is 0 Å². The van der Waals surface area contributed by atoms with Gasteiger partial charge in [-0.2, -0.15) is 8.42 Å². The summed E-state index contributed by atoms with van der Waals surface area (Å²) in [4.78, 5) is 0. The van der Waals surface area contributed by atoms with Crippen LogP contribution in [0.5, 0.6) is 0 Å². The van der Waals surface area contributed by atoms with Crippen LogP contribution in [-0.2, 0) is 14.3 Å². The molecule has 0 rings (SSSR count). The van der Waals surface area contributed by atoms with Crippen LogP contribution in [0.3, 0.4) is 0 Å². The second-order valence-electron chi connectivity index (χ2n) is 1.88. The molecule has 7 heteroatoms. The summed E-state index contributed by atoms with van der Waals surface area (Å²) in [5.74, 6) is -0.00514. The molecule has 68 valence electrons. The van der Waals surface area contributed by atoms with Crippen LogP contribution in [0.15, 0.2) is 0 Å². The molecular weight excluding hydrogens is 209 g/mol. The first-order valence-electron chi connectivity index (χ1n) is 3.15. The average Bonchev–Trinajstić information content (AvgIpc) is 1.86. The number of rotatable bonds is 3. The van der Waals surface area contributed by atoms with Gasteiger partial charge in [-0.3, -0.25) is 0 Å². The van der Waals surface area contributed by atoms with E-state index in [1.165, 1.54) is 7.05 Å². The number of hydrogen-bond donors (Lipinski definition) is 1. The summed E-state index contributed by atoms with van der Waals surface area (Å²) in [6.07, 6.45) is 0.522. The summed E-state index contributed by atoms with van der Waals surface area (Å²) in [7, 11) is -1.94. The van der Waals surface area contributed by atoms with E-state index in [-0.39, 0.29) is 41.9 Å². The molecule has 0 bridgehead atoms. The molecule has 0 fully saturated rings. The summed E-state index contributed by atoms with van der Waals surface area (Å²) in [5, 5.41) is 2.30. The molecule has 12 heavy (non-hydrogen) atoms. The molecule has 0 atom stereocenters. The molecule has 0 amide bonds. The first kappa shape index (κ1) is 15.1. The molecule has 0 heterocycles. The van der Waals surface area contributed by atoms with Gasteiger partial charge in [0.05, 0.1) is 5.75 Å². The van der Waals surface area contributed by atoms with E-state index in [9.17, 15) is 8.42 Å². The molecule has 1 N–H and O–H groups in total. The van der Waals surface area contributed by atoms with Crippen LogP contribution < -0.4 is 34.9 Å². The minimum absolute atomic E-state index is 0. The van der Waals surface area contributed by atoms with Gasteiger partial charge in [-0.25, -0.2) is 0 Å². The average molecular weight is 221 g/mol. The van der Waals surface area contributed by atoms with Gasteiger partial charge in [-0.1, -0.05) is 6.92 Å². The van der Waals surface area contributed by atoms with Gasteiger partial charge in [0, 0.05) is 7.05 Å². The molecule has 0 aliphatic rings. The van der Waals surface area contributed by atoms with E-state index in [2.05, 4.69) is 21.7 Å². The minimum atomic E-state index is -3.45. The molecule has 0 aliphatic heterocycles. The predicted octanol–water partition coefficient (Wildman–Crippen LogP) is -2.64. The normalized spacial score (nSPS) is 9.83. The first-order valence-corrected chi connectivity index (χ1v) is 5.14. The Balaban J connectivity index is -0.000000500. The Morgan fingerprint density at radius 1 is 1.67 bits per heavy atom. The Morgan fingerprint density at radius 3 is 2.50 bits per heavy atom. The van der Waals surface area contributed by atoms with Gasteiger partial charge in [-0.05, 0) is 18.6 Å². The molecule has 0 aliphatic carbocycles. The molecule has 0 radical (unpaired) electrons. The summed E-state index contributed by atoms with van der Waals surface area (Å²) >= 11 is 4.51. The van der Waals surface area contributed by atoms with Crippen LogP contribution in [-0.4, -0.2) is 26.4 Å². The zero-order valence-corrected chi connectivity index (χ0v) is 11.1. The van der Waals surface area contributed by atoms with Crippen molar-refractivity contribution in [2.75, 3.05) is 12.8 Å².